The van der Waals surface area contributed by atoms with Gasteiger partial charge in [0, 0.05) is 24.2 Å². The molecule has 6 rings (SSSR count). The van der Waals surface area contributed by atoms with Crippen LogP contribution >= 0.6 is 0 Å². The predicted octanol–water partition coefficient (Wildman–Crippen LogP) is 8.03. The van der Waals surface area contributed by atoms with Crippen LogP contribution in [-0.4, -0.2) is 35.4 Å². The molecule has 0 spiro atoms. The number of hydrogen-bond acceptors (Lipinski definition) is 7. The highest BCUT2D eigenvalue weighted by atomic mass is 16.1. The quantitative estimate of drug-likeness (QED) is 0.149. The first-order valence-electron chi connectivity index (χ1n) is 15.8. The smallest absolute Gasteiger partial charge is 0.167 e. The van der Waals surface area contributed by atoms with Gasteiger partial charge >= 0.3 is 0 Å². The van der Waals surface area contributed by atoms with E-state index >= 15 is 0 Å². The first-order chi connectivity index (χ1) is 22.3. The fraction of sp³-hybridized carbons (Fsp3) is 0.270. The van der Waals surface area contributed by atoms with E-state index in [1.54, 1.807) is 0 Å². The van der Waals surface area contributed by atoms with Crippen molar-refractivity contribution in [3.63, 3.8) is 0 Å². The third-order valence-corrected chi connectivity index (χ3v) is 8.27. The molecular formula is C37H42N8O. The predicted molar refractivity (Wildman–Crippen MR) is 190 cm³/mol. The molecule has 0 aliphatic rings. The van der Waals surface area contributed by atoms with Crippen molar-refractivity contribution in [2.24, 2.45) is 0 Å². The fourth-order valence-corrected chi connectivity index (χ4v) is 5.87. The lowest BCUT2D eigenvalue weighted by Gasteiger charge is -2.08. The second-order valence-electron chi connectivity index (χ2n) is 11.5. The number of nitrogens with zero attached hydrogens (tertiary/aromatic N) is 6. The summed E-state index contributed by atoms with van der Waals surface area (Å²) >= 11 is 0. The Kier molecular flexibility index (Phi) is 9.91. The molecule has 0 fully saturated rings. The summed E-state index contributed by atoms with van der Waals surface area (Å²) in [6, 6.07) is 16.5. The van der Waals surface area contributed by atoms with Crippen LogP contribution in [-0.2, 0) is 13.1 Å². The molecule has 4 heterocycles. The number of aldehydes is 1. The van der Waals surface area contributed by atoms with Gasteiger partial charge in [-0.1, -0.05) is 92.9 Å². The number of fused-ring (bicyclic) bond motifs is 2. The van der Waals surface area contributed by atoms with Crippen LogP contribution in [0.15, 0.2) is 67.8 Å². The highest BCUT2D eigenvalue weighted by Gasteiger charge is 2.22. The van der Waals surface area contributed by atoms with E-state index in [0.717, 1.165) is 95.1 Å². The molecule has 9 nitrogen and oxygen atoms in total. The Hall–Kier alpha value is -5.31. The maximum Gasteiger partial charge on any atom is 0.167 e. The molecule has 0 aliphatic heterocycles. The van der Waals surface area contributed by atoms with Crippen molar-refractivity contribution in [1.82, 2.24) is 29.1 Å². The Morgan fingerprint density at radius 3 is 1.48 bits per heavy atom. The van der Waals surface area contributed by atoms with Crippen molar-refractivity contribution in [3.05, 3.63) is 90.3 Å². The Labute approximate surface area is 270 Å². The molecule has 6 aromatic rings. The highest BCUT2D eigenvalue weighted by molar-refractivity contribution is 6.08. The normalized spacial score (nSPS) is 11.0. The van der Waals surface area contributed by atoms with E-state index in [0.29, 0.717) is 17.3 Å². The van der Waals surface area contributed by atoms with Crippen molar-refractivity contribution in [3.8, 4) is 22.3 Å². The maximum absolute atomic E-state index is 11.8. The van der Waals surface area contributed by atoms with Gasteiger partial charge in [-0.3, -0.25) is 4.79 Å². The lowest BCUT2D eigenvalue weighted by atomic mass is 10.0. The minimum Gasteiger partial charge on any atom is -0.383 e. The molecule has 0 amide bonds. The summed E-state index contributed by atoms with van der Waals surface area (Å²) in [4.78, 5) is 29.0. The van der Waals surface area contributed by atoms with Crippen LogP contribution in [0.25, 0.3) is 50.4 Å². The number of aryl methyl sites for hydroxylation is 4. The van der Waals surface area contributed by atoms with Crippen molar-refractivity contribution in [2.45, 2.75) is 66.5 Å². The molecule has 46 heavy (non-hydrogen) atoms. The van der Waals surface area contributed by atoms with Gasteiger partial charge in [0.1, 0.15) is 35.6 Å². The summed E-state index contributed by atoms with van der Waals surface area (Å²) < 4.78 is 4.16. The average Bonchev–Trinajstić information content (AvgIpc) is 3.57. The molecule has 0 saturated heterocycles. The molecule has 4 N–H and O–H groups in total. The number of benzene rings is 2. The molecular weight excluding hydrogens is 572 g/mol. The van der Waals surface area contributed by atoms with Gasteiger partial charge in [0.25, 0.3) is 0 Å². The maximum atomic E-state index is 11.8. The Morgan fingerprint density at radius 2 is 1.09 bits per heavy atom. The van der Waals surface area contributed by atoms with Gasteiger partial charge in [-0.05, 0) is 43.9 Å². The van der Waals surface area contributed by atoms with Crippen LogP contribution in [0.3, 0.4) is 0 Å². The monoisotopic (exact) mass is 614 g/mol. The van der Waals surface area contributed by atoms with Crippen LogP contribution in [0.1, 0.15) is 66.8 Å². The highest BCUT2D eigenvalue weighted by Crippen LogP contribution is 2.38. The first kappa shape index (κ1) is 32.1. The lowest BCUT2D eigenvalue weighted by molar-refractivity contribution is 0.111. The number of nitrogens with two attached hydrogens (primary N) is 2. The van der Waals surface area contributed by atoms with Crippen molar-refractivity contribution < 1.29 is 4.79 Å². The van der Waals surface area contributed by atoms with Gasteiger partial charge in [-0.2, -0.15) is 0 Å². The van der Waals surface area contributed by atoms with Gasteiger partial charge < -0.3 is 20.6 Å². The number of carbonyl (C=O) groups is 1. The summed E-state index contributed by atoms with van der Waals surface area (Å²) in [6.45, 7) is 14.1. The summed E-state index contributed by atoms with van der Waals surface area (Å²) in [5, 5.41) is 1.68. The van der Waals surface area contributed by atoms with E-state index in [4.69, 9.17) is 11.5 Å². The number of hydrogen-bond donors (Lipinski definition) is 2. The molecule has 4 aromatic heterocycles. The number of anilines is 2. The summed E-state index contributed by atoms with van der Waals surface area (Å²) in [5.74, 6) is 0.924. The van der Waals surface area contributed by atoms with E-state index in [1.165, 1.54) is 23.8 Å². The lowest BCUT2D eigenvalue weighted by Crippen LogP contribution is -2.04. The molecule has 0 bridgehead atoms. The van der Waals surface area contributed by atoms with Crippen molar-refractivity contribution in [2.75, 3.05) is 11.5 Å². The molecule has 0 saturated carbocycles. The van der Waals surface area contributed by atoms with Crippen LogP contribution in [0.5, 0.6) is 0 Å². The van der Waals surface area contributed by atoms with Crippen LogP contribution in [0.2, 0.25) is 0 Å². The summed E-state index contributed by atoms with van der Waals surface area (Å²) in [7, 11) is 0. The molecule has 0 radical (unpaired) electrons. The third-order valence-electron chi connectivity index (χ3n) is 8.27. The standard InChI is InChI=1S/C19H22N4.C18H20N4O/c1-4-6-11-23-15(5-2)16(14-9-7-13(3)8-10-14)17-18(20)21-12-22-19(17)23;1-3-4-9-22-14(10-23)15(13-7-5-12(2)6-8-13)16-17(19)20-11-21-18(16)22/h5,7-10,12H,2,4,6,11H2,1,3H3,(H2,20,21,22);5-8,10-11H,3-4,9H2,1-2H3,(H2,19,20,21). The number of unbranched alkanes of at least 4 members (excludes halogenated alkanes) is 2. The van der Waals surface area contributed by atoms with Gasteiger partial charge in [-0.25, -0.2) is 19.9 Å². The summed E-state index contributed by atoms with van der Waals surface area (Å²) in [6.07, 6.45) is 10.00. The molecule has 9 heteroatoms. The van der Waals surface area contributed by atoms with E-state index < -0.39 is 0 Å². The van der Waals surface area contributed by atoms with Gasteiger partial charge in [0.15, 0.2) is 6.29 Å². The van der Waals surface area contributed by atoms with E-state index in [-0.39, 0.29) is 0 Å². The SMILES string of the molecule is C=Cc1c(-c2ccc(C)cc2)c2c(N)ncnc2n1CCCC.CCCCn1c(C=O)c(-c2ccc(C)cc2)c2c(N)ncnc21. The number of rotatable bonds is 10. The van der Waals surface area contributed by atoms with Gasteiger partial charge in [0.05, 0.1) is 22.2 Å². The van der Waals surface area contributed by atoms with Crippen molar-refractivity contribution in [1.29, 1.82) is 0 Å². The summed E-state index contributed by atoms with van der Waals surface area (Å²) in [5.41, 5.74) is 22.0. The topological polar surface area (TPSA) is 131 Å². The minimum absolute atomic E-state index is 0.406. The fourth-order valence-electron chi connectivity index (χ4n) is 5.87. The minimum atomic E-state index is 0.406. The van der Waals surface area contributed by atoms with E-state index in [2.05, 4.69) is 76.1 Å². The molecule has 2 aromatic carbocycles. The van der Waals surface area contributed by atoms with Gasteiger partial charge in [-0.15, -0.1) is 0 Å². The third kappa shape index (κ3) is 6.13. The number of aromatic nitrogens is 6. The Bertz CT molecular complexity index is 1840. The second-order valence-corrected chi connectivity index (χ2v) is 11.5. The zero-order chi connectivity index (χ0) is 32.8. The molecule has 236 valence electrons. The number of nitrogen functional groups attached to an aromatic ring is 2. The van der Waals surface area contributed by atoms with E-state index in [9.17, 15) is 4.79 Å². The van der Waals surface area contributed by atoms with Crippen LogP contribution in [0.4, 0.5) is 11.6 Å². The first-order valence-corrected chi connectivity index (χ1v) is 15.8. The molecule has 0 atom stereocenters. The Morgan fingerprint density at radius 1 is 0.674 bits per heavy atom. The Balaban J connectivity index is 0.000000181. The van der Waals surface area contributed by atoms with Crippen molar-refractivity contribution >= 4 is 46.1 Å². The average molecular weight is 615 g/mol. The van der Waals surface area contributed by atoms with Crippen LogP contribution in [0, 0.1) is 13.8 Å². The van der Waals surface area contributed by atoms with E-state index in [1.807, 2.05) is 41.8 Å². The molecule has 0 unspecified atom stereocenters. The molecule has 0 aliphatic carbocycles. The zero-order valence-electron chi connectivity index (χ0n) is 27.1. The number of carbonyl (C=O) groups excluding carboxylic acids is 1. The van der Waals surface area contributed by atoms with Crippen LogP contribution < -0.4 is 11.5 Å². The second kappa shape index (κ2) is 14.2. The zero-order valence-corrected chi connectivity index (χ0v) is 27.1. The van der Waals surface area contributed by atoms with Gasteiger partial charge in [0.2, 0.25) is 0 Å². The largest absolute Gasteiger partial charge is 0.383 e.